The van der Waals surface area contributed by atoms with Gasteiger partial charge in [0.05, 0.1) is 6.10 Å². The molecule has 3 heteroatoms. The molecule has 0 radical (unpaired) electrons. The van der Waals surface area contributed by atoms with Crippen LogP contribution in [0.15, 0.2) is 66.9 Å². The largest absolute Gasteiger partial charge is 0.438 e. The van der Waals surface area contributed by atoms with Gasteiger partial charge in [0.2, 0.25) is 5.88 Å². The van der Waals surface area contributed by atoms with E-state index in [9.17, 15) is 5.11 Å². The van der Waals surface area contributed by atoms with Crippen LogP contribution in [0.3, 0.4) is 0 Å². The molecule has 3 aromatic rings. The summed E-state index contributed by atoms with van der Waals surface area (Å²) in [5.74, 6) is 1.36. The van der Waals surface area contributed by atoms with Crippen LogP contribution < -0.4 is 4.74 Å². The van der Waals surface area contributed by atoms with Gasteiger partial charge in [-0.1, -0.05) is 36.4 Å². The van der Waals surface area contributed by atoms with Crippen molar-refractivity contribution >= 4 is 0 Å². The van der Waals surface area contributed by atoms with E-state index in [2.05, 4.69) is 11.1 Å². The van der Waals surface area contributed by atoms with Gasteiger partial charge in [0.25, 0.3) is 0 Å². The molecule has 0 amide bonds. The average molecular weight is 303 g/mol. The van der Waals surface area contributed by atoms with Crippen LogP contribution in [0.2, 0.25) is 0 Å². The zero-order valence-corrected chi connectivity index (χ0v) is 12.6. The number of nitrogens with zero attached hydrogens (tertiary/aromatic N) is 1. The number of para-hydroxylation sites is 1. The predicted molar refractivity (Wildman–Crippen MR) is 89.5 cm³/mol. The summed E-state index contributed by atoms with van der Waals surface area (Å²) in [6.45, 7) is 0. The first-order valence-electron chi connectivity index (χ1n) is 7.81. The van der Waals surface area contributed by atoms with Crippen molar-refractivity contribution in [1.82, 2.24) is 4.98 Å². The third-order valence-corrected chi connectivity index (χ3v) is 4.26. The van der Waals surface area contributed by atoms with Gasteiger partial charge < -0.3 is 9.84 Å². The Labute approximate surface area is 135 Å². The fraction of sp³-hybridized carbons (Fsp3) is 0.150. The Morgan fingerprint density at radius 1 is 0.913 bits per heavy atom. The van der Waals surface area contributed by atoms with Crippen molar-refractivity contribution in [3.05, 3.63) is 78.0 Å². The molecule has 0 aliphatic heterocycles. The summed E-state index contributed by atoms with van der Waals surface area (Å²) in [6.07, 6.45) is 3.04. The average Bonchev–Trinajstić information content (AvgIpc) is 2.98. The first kappa shape index (κ1) is 14.0. The fourth-order valence-electron chi connectivity index (χ4n) is 3.16. The number of ether oxygens (including phenoxy) is 1. The van der Waals surface area contributed by atoms with Crippen molar-refractivity contribution in [3.8, 4) is 22.8 Å². The quantitative estimate of drug-likeness (QED) is 0.773. The molecule has 0 bridgehead atoms. The second-order valence-corrected chi connectivity index (χ2v) is 5.70. The first-order chi connectivity index (χ1) is 11.3. The monoisotopic (exact) mass is 303 g/mol. The molecule has 4 rings (SSSR count). The van der Waals surface area contributed by atoms with Crippen molar-refractivity contribution in [2.75, 3.05) is 0 Å². The van der Waals surface area contributed by atoms with Gasteiger partial charge in [-0.2, -0.15) is 0 Å². The van der Waals surface area contributed by atoms with Crippen LogP contribution >= 0.6 is 0 Å². The van der Waals surface area contributed by atoms with Gasteiger partial charge in [0.1, 0.15) is 5.75 Å². The SMILES string of the molecule is O[C@H]1CCc2c(-c3cccnc3Oc3ccccc3)cccc21. The summed E-state index contributed by atoms with van der Waals surface area (Å²) in [7, 11) is 0. The topological polar surface area (TPSA) is 42.4 Å². The van der Waals surface area contributed by atoms with Crippen LogP contribution in [-0.4, -0.2) is 10.1 Å². The fourth-order valence-corrected chi connectivity index (χ4v) is 3.16. The summed E-state index contributed by atoms with van der Waals surface area (Å²) in [5, 5.41) is 10.1. The number of hydrogen-bond acceptors (Lipinski definition) is 3. The number of rotatable bonds is 3. The highest BCUT2D eigenvalue weighted by Gasteiger charge is 2.24. The van der Waals surface area contributed by atoms with Crippen molar-refractivity contribution in [2.24, 2.45) is 0 Å². The molecule has 114 valence electrons. The van der Waals surface area contributed by atoms with E-state index in [1.54, 1.807) is 6.20 Å². The van der Waals surface area contributed by atoms with Gasteiger partial charge in [0, 0.05) is 11.8 Å². The zero-order valence-electron chi connectivity index (χ0n) is 12.6. The molecule has 1 aliphatic rings. The van der Waals surface area contributed by atoms with Gasteiger partial charge in [0.15, 0.2) is 0 Å². The molecule has 0 saturated carbocycles. The Morgan fingerprint density at radius 3 is 2.61 bits per heavy atom. The van der Waals surface area contributed by atoms with E-state index in [-0.39, 0.29) is 6.10 Å². The van der Waals surface area contributed by atoms with Crippen LogP contribution in [0.5, 0.6) is 11.6 Å². The molecule has 1 N–H and O–H groups in total. The Hall–Kier alpha value is -2.65. The van der Waals surface area contributed by atoms with E-state index in [4.69, 9.17) is 4.74 Å². The highest BCUT2D eigenvalue weighted by atomic mass is 16.5. The van der Waals surface area contributed by atoms with Crippen molar-refractivity contribution < 1.29 is 9.84 Å². The Bertz CT molecular complexity index is 830. The molecule has 0 unspecified atom stereocenters. The van der Waals surface area contributed by atoms with Crippen molar-refractivity contribution in [3.63, 3.8) is 0 Å². The predicted octanol–water partition coefficient (Wildman–Crippen LogP) is 4.52. The Balaban J connectivity index is 1.79. The van der Waals surface area contributed by atoms with Gasteiger partial charge in [-0.05, 0) is 53.8 Å². The maximum absolute atomic E-state index is 10.1. The molecule has 23 heavy (non-hydrogen) atoms. The lowest BCUT2D eigenvalue weighted by atomic mass is 9.97. The Morgan fingerprint density at radius 2 is 1.74 bits per heavy atom. The number of benzene rings is 2. The number of hydrogen-bond donors (Lipinski definition) is 1. The molecule has 3 nitrogen and oxygen atoms in total. The van der Waals surface area contributed by atoms with Crippen molar-refractivity contribution in [1.29, 1.82) is 0 Å². The lowest BCUT2D eigenvalue weighted by Gasteiger charge is -2.13. The second kappa shape index (κ2) is 5.86. The molecular formula is C20H17NO2. The van der Waals surface area contributed by atoms with Gasteiger partial charge >= 0.3 is 0 Å². The lowest BCUT2D eigenvalue weighted by Crippen LogP contribution is -1.95. The van der Waals surface area contributed by atoms with Gasteiger partial charge in [-0.25, -0.2) is 4.98 Å². The van der Waals surface area contributed by atoms with E-state index >= 15 is 0 Å². The summed E-state index contributed by atoms with van der Waals surface area (Å²) < 4.78 is 5.98. The van der Waals surface area contributed by atoms with E-state index in [1.165, 1.54) is 5.56 Å². The van der Waals surface area contributed by atoms with Crippen LogP contribution in [0.25, 0.3) is 11.1 Å². The zero-order chi connectivity index (χ0) is 15.6. The second-order valence-electron chi connectivity index (χ2n) is 5.70. The van der Waals surface area contributed by atoms with E-state index in [1.807, 2.05) is 54.6 Å². The third kappa shape index (κ3) is 2.60. The van der Waals surface area contributed by atoms with E-state index in [0.29, 0.717) is 5.88 Å². The van der Waals surface area contributed by atoms with Gasteiger partial charge in [-0.15, -0.1) is 0 Å². The highest BCUT2D eigenvalue weighted by molar-refractivity contribution is 5.74. The normalized spacial score (nSPS) is 16.1. The summed E-state index contributed by atoms with van der Waals surface area (Å²) >= 11 is 0. The highest BCUT2D eigenvalue weighted by Crippen LogP contribution is 2.40. The van der Waals surface area contributed by atoms with Crippen LogP contribution in [0.1, 0.15) is 23.7 Å². The molecule has 1 aromatic heterocycles. The maximum atomic E-state index is 10.1. The van der Waals surface area contributed by atoms with Crippen molar-refractivity contribution in [2.45, 2.75) is 18.9 Å². The molecule has 1 atom stereocenters. The molecular weight excluding hydrogens is 286 g/mol. The molecule has 0 saturated heterocycles. The minimum Gasteiger partial charge on any atom is -0.438 e. The van der Waals surface area contributed by atoms with E-state index in [0.717, 1.165) is 35.3 Å². The molecule has 0 spiro atoms. The minimum absolute atomic E-state index is 0.361. The Kier molecular flexibility index (Phi) is 3.56. The number of pyridine rings is 1. The minimum atomic E-state index is -0.361. The van der Waals surface area contributed by atoms with Gasteiger partial charge in [-0.3, -0.25) is 0 Å². The maximum Gasteiger partial charge on any atom is 0.227 e. The third-order valence-electron chi connectivity index (χ3n) is 4.26. The molecule has 1 aliphatic carbocycles. The van der Waals surface area contributed by atoms with Crippen LogP contribution in [0, 0.1) is 0 Å². The molecule has 0 fully saturated rings. The molecule has 1 heterocycles. The lowest BCUT2D eigenvalue weighted by molar-refractivity contribution is 0.180. The number of fused-ring (bicyclic) bond motifs is 1. The molecule has 2 aromatic carbocycles. The smallest absolute Gasteiger partial charge is 0.227 e. The number of aromatic nitrogens is 1. The number of aliphatic hydroxyl groups is 1. The summed E-state index contributed by atoms with van der Waals surface area (Å²) in [4.78, 5) is 4.41. The van der Waals surface area contributed by atoms with Crippen LogP contribution in [0.4, 0.5) is 0 Å². The first-order valence-corrected chi connectivity index (χ1v) is 7.81. The van der Waals surface area contributed by atoms with Crippen LogP contribution in [-0.2, 0) is 6.42 Å². The summed E-state index contributed by atoms with van der Waals surface area (Å²) in [5.41, 5.74) is 4.28. The van der Waals surface area contributed by atoms with E-state index < -0.39 is 0 Å². The summed E-state index contributed by atoms with van der Waals surface area (Å²) in [6, 6.07) is 19.7. The standard InChI is InChI=1S/C20H17NO2/c22-19-12-11-16-15(8-4-9-17(16)19)18-10-5-13-21-20(18)23-14-6-2-1-3-7-14/h1-10,13,19,22H,11-12H2/t19-/m0/s1. The number of aliphatic hydroxyl groups excluding tert-OH is 1.